The Kier molecular flexibility index (Phi) is 5.59. The number of rotatable bonds is 5. The summed E-state index contributed by atoms with van der Waals surface area (Å²) in [5.41, 5.74) is 4.30. The van der Waals surface area contributed by atoms with Gasteiger partial charge in [0.05, 0.1) is 29.5 Å². The van der Waals surface area contributed by atoms with E-state index in [0.29, 0.717) is 28.7 Å². The third-order valence-electron chi connectivity index (χ3n) is 5.65. The Bertz CT molecular complexity index is 1540. The molecule has 170 valence electrons. The van der Waals surface area contributed by atoms with Crippen LogP contribution in [0.15, 0.2) is 67.0 Å². The summed E-state index contributed by atoms with van der Waals surface area (Å²) in [7, 11) is 1.86. The van der Waals surface area contributed by atoms with E-state index in [0.717, 1.165) is 16.8 Å². The minimum absolute atomic E-state index is 0.225. The maximum absolute atomic E-state index is 13.5. The van der Waals surface area contributed by atoms with E-state index in [1.807, 2.05) is 38.2 Å². The van der Waals surface area contributed by atoms with E-state index >= 15 is 0 Å². The number of hydrogen-bond acceptors (Lipinski definition) is 4. The van der Waals surface area contributed by atoms with Gasteiger partial charge < -0.3 is 5.32 Å². The fourth-order valence-electron chi connectivity index (χ4n) is 3.81. The maximum atomic E-state index is 13.5. The molecule has 0 saturated heterocycles. The predicted octanol–water partition coefficient (Wildman–Crippen LogP) is 5.23. The lowest BCUT2D eigenvalue weighted by molar-refractivity contribution is 0.102. The highest BCUT2D eigenvalue weighted by Gasteiger charge is 2.18. The van der Waals surface area contributed by atoms with Crippen LogP contribution in [0.5, 0.6) is 0 Å². The number of fused-ring (bicyclic) bond motifs is 1. The first-order chi connectivity index (χ1) is 16.4. The predicted molar refractivity (Wildman–Crippen MR) is 129 cm³/mol. The van der Waals surface area contributed by atoms with Crippen LogP contribution in [0, 0.1) is 12.7 Å². The molecule has 34 heavy (non-hydrogen) atoms. The Balaban J connectivity index is 1.48. The highest BCUT2D eigenvalue weighted by molar-refractivity contribution is 6.33. The molecule has 0 fully saturated rings. The van der Waals surface area contributed by atoms with Crippen LogP contribution < -0.4 is 5.32 Å². The Morgan fingerprint density at radius 1 is 1.15 bits per heavy atom. The first-order valence-electron chi connectivity index (χ1n) is 10.6. The van der Waals surface area contributed by atoms with Crippen molar-refractivity contribution in [2.75, 3.05) is 5.32 Å². The van der Waals surface area contributed by atoms with Crippen molar-refractivity contribution in [3.63, 3.8) is 0 Å². The summed E-state index contributed by atoms with van der Waals surface area (Å²) >= 11 is 6.35. The number of nitrogens with zero attached hydrogens (tertiary/aromatic N) is 5. The Morgan fingerprint density at radius 3 is 2.74 bits per heavy atom. The number of benzene rings is 2. The molecule has 3 heterocycles. The molecular weight excluding hydrogens is 455 g/mol. The third kappa shape index (κ3) is 4.15. The van der Waals surface area contributed by atoms with Crippen LogP contribution in [0.4, 0.5) is 10.2 Å². The highest BCUT2D eigenvalue weighted by atomic mass is 35.5. The zero-order chi connectivity index (χ0) is 23.8. The first kappa shape index (κ1) is 21.8. The molecule has 0 aliphatic carbocycles. The number of aromatic nitrogens is 5. The zero-order valence-electron chi connectivity index (χ0n) is 18.5. The van der Waals surface area contributed by atoms with Crippen LogP contribution in [0.3, 0.4) is 0 Å². The molecule has 0 radical (unpaired) electrons. The molecule has 1 amide bonds. The lowest BCUT2D eigenvalue weighted by Crippen LogP contribution is -2.14. The van der Waals surface area contributed by atoms with E-state index in [2.05, 4.69) is 15.5 Å². The normalized spacial score (nSPS) is 11.2. The number of aryl methyl sites for hydroxylation is 1. The molecule has 5 rings (SSSR count). The second-order valence-electron chi connectivity index (χ2n) is 7.95. The number of carbonyl (C=O) groups excluding carboxylic acids is 1. The molecule has 0 bridgehead atoms. The molecule has 2 aromatic carbocycles. The number of carbonyl (C=O) groups is 1. The van der Waals surface area contributed by atoms with E-state index < -0.39 is 0 Å². The Hall–Kier alpha value is -4.04. The van der Waals surface area contributed by atoms with E-state index in [1.54, 1.807) is 40.0 Å². The molecule has 0 spiro atoms. The Morgan fingerprint density at radius 2 is 1.97 bits per heavy atom. The summed E-state index contributed by atoms with van der Waals surface area (Å²) in [4.78, 5) is 18.1. The van der Waals surface area contributed by atoms with E-state index in [4.69, 9.17) is 16.6 Å². The molecule has 5 aromatic rings. The summed E-state index contributed by atoms with van der Waals surface area (Å²) in [6, 6.07) is 15.4. The van der Waals surface area contributed by atoms with Gasteiger partial charge in [0.15, 0.2) is 5.82 Å². The second kappa shape index (κ2) is 8.72. The van der Waals surface area contributed by atoms with Crippen LogP contribution in [0.1, 0.15) is 21.6 Å². The van der Waals surface area contributed by atoms with Gasteiger partial charge in [-0.25, -0.2) is 9.37 Å². The molecule has 0 saturated carbocycles. The number of nitrogens with one attached hydrogen (secondary N) is 1. The van der Waals surface area contributed by atoms with Gasteiger partial charge in [-0.2, -0.15) is 10.2 Å². The monoisotopic (exact) mass is 474 g/mol. The molecule has 0 unspecified atom stereocenters. The fraction of sp³-hybridized carbons (Fsp3) is 0.120. The highest BCUT2D eigenvalue weighted by Crippen LogP contribution is 2.28. The van der Waals surface area contributed by atoms with Gasteiger partial charge in [0.1, 0.15) is 10.8 Å². The molecule has 3 aromatic heterocycles. The van der Waals surface area contributed by atoms with Gasteiger partial charge >= 0.3 is 0 Å². The van der Waals surface area contributed by atoms with Gasteiger partial charge in [0, 0.05) is 29.9 Å². The molecule has 0 atom stereocenters. The van der Waals surface area contributed by atoms with Crippen molar-refractivity contribution >= 4 is 34.2 Å². The minimum Gasteiger partial charge on any atom is -0.304 e. The smallest absolute Gasteiger partial charge is 0.257 e. The lowest BCUT2D eigenvalue weighted by atomic mass is 10.0. The number of para-hydroxylation sites is 1. The van der Waals surface area contributed by atoms with Crippen LogP contribution in [-0.2, 0) is 13.6 Å². The van der Waals surface area contributed by atoms with Crippen molar-refractivity contribution in [2.24, 2.45) is 7.05 Å². The molecular formula is C25H20ClFN6O. The number of hydrogen-bond donors (Lipinski definition) is 1. The van der Waals surface area contributed by atoms with E-state index in [-0.39, 0.29) is 22.6 Å². The standard InChI is InChI=1S/C25H20ClFN6O/c1-15-20(12-28-32(15)2)23-11-19(18-8-3-4-9-22(18)29-23)25(34)30-24-21(26)14-33(31-24)13-16-6-5-7-17(27)10-16/h3-12,14H,13H2,1-2H3,(H,30,31,34). The third-order valence-corrected chi connectivity index (χ3v) is 5.93. The van der Waals surface area contributed by atoms with Crippen molar-refractivity contribution < 1.29 is 9.18 Å². The summed E-state index contributed by atoms with van der Waals surface area (Å²) < 4.78 is 16.8. The largest absolute Gasteiger partial charge is 0.304 e. The molecule has 0 aliphatic rings. The average Bonchev–Trinajstić information content (AvgIpc) is 3.33. The summed E-state index contributed by atoms with van der Waals surface area (Å²) in [5.74, 6) is -0.462. The van der Waals surface area contributed by atoms with Crippen LogP contribution in [-0.4, -0.2) is 30.5 Å². The quantitative estimate of drug-likeness (QED) is 0.378. The number of anilines is 1. The molecule has 7 nitrogen and oxygen atoms in total. The lowest BCUT2D eigenvalue weighted by Gasteiger charge is -2.10. The number of pyridine rings is 1. The maximum Gasteiger partial charge on any atom is 0.257 e. The van der Waals surface area contributed by atoms with Crippen molar-refractivity contribution in [1.82, 2.24) is 24.5 Å². The molecule has 1 N–H and O–H groups in total. The zero-order valence-corrected chi connectivity index (χ0v) is 19.2. The van der Waals surface area contributed by atoms with Crippen molar-refractivity contribution in [3.05, 3.63) is 94.7 Å². The van der Waals surface area contributed by atoms with Crippen LogP contribution in [0.25, 0.3) is 22.2 Å². The van der Waals surface area contributed by atoms with Gasteiger partial charge in [0.25, 0.3) is 5.91 Å². The fourth-order valence-corrected chi connectivity index (χ4v) is 4.01. The Labute approximate surface area is 199 Å². The molecule has 0 aliphatic heterocycles. The van der Waals surface area contributed by atoms with Crippen molar-refractivity contribution in [2.45, 2.75) is 13.5 Å². The summed E-state index contributed by atoms with van der Waals surface area (Å²) in [6.45, 7) is 2.26. The summed E-state index contributed by atoms with van der Waals surface area (Å²) in [5, 5.41) is 12.5. The van der Waals surface area contributed by atoms with Crippen molar-refractivity contribution in [3.8, 4) is 11.3 Å². The van der Waals surface area contributed by atoms with Crippen molar-refractivity contribution in [1.29, 1.82) is 0 Å². The molecule has 9 heteroatoms. The van der Waals surface area contributed by atoms with E-state index in [1.165, 1.54) is 12.1 Å². The van der Waals surface area contributed by atoms with Gasteiger partial charge in [0.2, 0.25) is 0 Å². The van der Waals surface area contributed by atoms with Crippen LogP contribution >= 0.6 is 11.6 Å². The van der Waals surface area contributed by atoms with Crippen LogP contribution in [0.2, 0.25) is 5.02 Å². The van der Waals surface area contributed by atoms with Gasteiger partial charge in [-0.15, -0.1) is 0 Å². The first-order valence-corrected chi connectivity index (χ1v) is 10.9. The minimum atomic E-state index is -0.362. The van der Waals surface area contributed by atoms with Gasteiger partial charge in [-0.1, -0.05) is 41.9 Å². The van der Waals surface area contributed by atoms with Gasteiger partial charge in [-0.3, -0.25) is 14.2 Å². The SMILES string of the molecule is Cc1c(-c2cc(C(=O)Nc3nn(Cc4cccc(F)c4)cc3Cl)c3ccccc3n2)cnn1C. The van der Waals surface area contributed by atoms with E-state index in [9.17, 15) is 9.18 Å². The number of amides is 1. The second-order valence-corrected chi connectivity index (χ2v) is 8.35. The van der Waals surface area contributed by atoms with Gasteiger partial charge in [-0.05, 0) is 36.8 Å². The number of halogens is 2. The average molecular weight is 475 g/mol. The topological polar surface area (TPSA) is 77.6 Å². The summed E-state index contributed by atoms with van der Waals surface area (Å²) in [6.07, 6.45) is 3.33.